The lowest BCUT2D eigenvalue weighted by molar-refractivity contribution is 0.111. The van der Waals surface area contributed by atoms with Crippen LogP contribution in [0.1, 0.15) is 25.4 Å². The van der Waals surface area contributed by atoms with E-state index in [-0.39, 0.29) is 0 Å². The summed E-state index contributed by atoms with van der Waals surface area (Å²) in [5.41, 5.74) is 0. The summed E-state index contributed by atoms with van der Waals surface area (Å²) in [4.78, 5) is 0. The molecule has 0 aromatic carbocycles. The smallest absolute Gasteiger partial charge is 0.118 e. The molecule has 0 spiro atoms. The first kappa shape index (κ1) is 14.6. The molecule has 1 rings (SSSR count). The van der Waals surface area contributed by atoms with Crippen molar-refractivity contribution in [3.8, 4) is 0 Å². The Bertz CT molecular complexity index is 299. The van der Waals surface area contributed by atoms with E-state index in [1.807, 2.05) is 12.1 Å². The Morgan fingerprint density at radius 3 is 2.82 bits per heavy atom. The highest BCUT2D eigenvalue weighted by atomic mass is 32.2. The third-order valence-corrected chi connectivity index (χ3v) is 2.75. The number of hydrogen-bond acceptors (Lipinski definition) is 4. The van der Waals surface area contributed by atoms with Gasteiger partial charge >= 0.3 is 0 Å². The molecule has 4 heteroatoms. The first-order chi connectivity index (χ1) is 8.22. The van der Waals surface area contributed by atoms with E-state index in [1.54, 1.807) is 11.8 Å². The SMILES string of the molecule is CSCc1ccc(CNCCOCC(C)C)o1. The molecule has 0 saturated carbocycles. The van der Waals surface area contributed by atoms with Gasteiger partial charge in [0.15, 0.2) is 0 Å². The average Bonchev–Trinajstić information content (AvgIpc) is 2.71. The van der Waals surface area contributed by atoms with E-state index in [9.17, 15) is 0 Å². The van der Waals surface area contributed by atoms with E-state index in [4.69, 9.17) is 9.15 Å². The van der Waals surface area contributed by atoms with Crippen LogP contribution in [0, 0.1) is 5.92 Å². The zero-order valence-corrected chi connectivity index (χ0v) is 11.8. The van der Waals surface area contributed by atoms with Crippen LogP contribution in [0.25, 0.3) is 0 Å². The third kappa shape index (κ3) is 6.76. The molecule has 0 fully saturated rings. The van der Waals surface area contributed by atoms with Gasteiger partial charge in [-0.05, 0) is 24.3 Å². The van der Waals surface area contributed by atoms with E-state index in [1.165, 1.54) is 0 Å². The van der Waals surface area contributed by atoms with Crippen molar-refractivity contribution in [2.75, 3.05) is 26.0 Å². The summed E-state index contributed by atoms with van der Waals surface area (Å²) in [5, 5.41) is 3.31. The van der Waals surface area contributed by atoms with Crippen molar-refractivity contribution in [3.05, 3.63) is 23.7 Å². The van der Waals surface area contributed by atoms with Crippen LogP contribution >= 0.6 is 11.8 Å². The van der Waals surface area contributed by atoms with Crippen LogP contribution in [0.2, 0.25) is 0 Å². The second kappa shape index (κ2) is 8.61. The Morgan fingerprint density at radius 1 is 1.35 bits per heavy atom. The van der Waals surface area contributed by atoms with Crippen molar-refractivity contribution in [2.45, 2.75) is 26.1 Å². The molecule has 0 bridgehead atoms. The van der Waals surface area contributed by atoms with E-state index >= 15 is 0 Å². The Hall–Kier alpha value is -0.450. The lowest BCUT2D eigenvalue weighted by Crippen LogP contribution is -2.20. The van der Waals surface area contributed by atoms with Crippen molar-refractivity contribution in [1.29, 1.82) is 0 Å². The van der Waals surface area contributed by atoms with Crippen LogP contribution in [-0.2, 0) is 17.0 Å². The van der Waals surface area contributed by atoms with Gasteiger partial charge in [-0.1, -0.05) is 13.8 Å². The molecule has 0 aliphatic carbocycles. The van der Waals surface area contributed by atoms with Crippen molar-refractivity contribution < 1.29 is 9.15 Å². The molecule has 0 unspecified atom stereocenters. The van der Waals surface area contributed by atoms with Crippen LogP contribution in [-0.4, -0.2) is 26.0 Å². The minimum Gasteiger partial charge on any atom is -0.464 e. The molecule has 1 heterocycles. The molecule has 98 valence electrons. The second-order valence-corrected chi connectivity index (χ2v) is 5.31. The zero-order valence-electron chi connectivity index (χ0n) is 11.0. The molecule has 0 aliphatic heterocycles. The molecule has 1 aromatic heterocycles. The molecule has 3 nitrogen and oxygen atoms in total. The van der Waals surface area contributed by atoms with Gasteiger partial charge in [0, 0.05) is 13.2 Å². The highest BCUT2D eigenvalue weighted by Gasteiger charge is 2.00. The normalized spacial score (nSPS) is 11.3. The summed E-state index contributed by atoms with van der Waals surface area (Å²) in [6.45, 7) is 7.55. The number of furan rings is 1. The predicted octanol–water partition coefficient (Wildman–Crippen LogP) is 2.90. The van der Waals surface area contributed by atoms with Crippen molar-refractivity contribution in [3.63, 3.8) is 0 Å². The quantitative estimate of drug-likeness (QED) is 0.690. The first-order valence-electron chi connectivity index (χ1n) is 6.07. The second-order valence-electron chi connectivity index (χ2n) is 4.45. The Morgan fingerprint density at radius 2 is 2.12 bits per heavy atom. The fourth-order valence-electron chi connectivity index (χ4n) is 1.41. The third-order valence-electron chi connectivity index (χ3n) is 2.18. The van der Waals surface area contributed by atoms with Gasteiger partial charge < -0.3 is 14.5 Å². The number of rotatable bonds is 9. The van der Waals surface area contributed by atoms with Gasteiger partial charge in [-0.15, -0.1) is 0 Å². The summed E-state index contributed by atoms with van der Waals surface area (Å²) >= 11 is 1.77. The minimum absolute atomic E-state index is 0.606. The molecule has 0 saturated heterocycles. The van der Waals surface area contributed by atoms with Crippen LogP contribution in [0.3, 0.4) is 0 Å². The van der Waals surface area contributed by atoms with Crippen LogP contribution in [0.4, 0.5) is 0 Å². The highest BCUT2D eigenvalue weighted by Crippen LogP contribution is 2.12. The van der Waals surface area contributed by atoms with Gasteiger partial charge in [-0.25, -0.2) is 0 Å². The summed E-state index contributed by atoms with van der Waals surface area (Å²) in [6.07, 6.45) is 2.08. The van der Waals surface area contributed by atoms with Crippen LogP contribution in [0.5, 0.6) is 0 Å². The minimum atomic E-state index is 0.606. The van der Waals surface area contributed by atoms with Gasteiger partial charge in [-0.3, -0.25) is 0 Å². The summed E-state index contributed by atoms with van der Waals surface area (Å²) in [6, 6.07) is 4.08. The van der Waals surface area contributed by atoms with Gasteiger partial charge in [0.2, 0.25) is 0 Å². The van der Waals surface area contributed by atoms with Crippen molar-refractivity contribution >= 4 is 11.8 Å². The van der Waals surface area contributed by atoms with E-state index in [0.29, 0.717) is 5.92 Å². The molecule has 17 heavy (non-hydrogen) atoms. The predicted molar refractivity (Wildman–Crippen MR) is 73.3 cm³/mol. The summed E-state index contributed by atoms with van der Waals surface area (Å²) in [7, 11) is 0. The molecule has 0 amide bonds. The van der Waals surface area contributed by atoms with E-state index in [2.05, 4.69) is 25.4 Å². The monoisotopic (exact) mass is 257 g/mol. The molecular weight excluding hydrogens is 234 g/mol. The van der Waals surface area contributed by atoms with Crippen LogP contribution < -0.4 is 5.32 Å². The number of hydrogen-bond donors (Lipinski definition) is 1. The molecule has 1 aromatic rings. The van der Waals surface area contributed by atoms with Crippen molar-refractivity contribution in [1.82, 2.24) is 5.32 Å². The zero-order chi connectivity index (χ0) is 12.5. The van der Waals surface area contributed by atoms with Crippen LogP contribution in [0.15, 0.2) is 16.5 Å². The maximum Gasteiger partial charge on any atom is 0.118 e. The lowest BCUT2D eigenvalue weighted by Gasteiger charge is -2.07. The topological polar surface area (TPSA) is 34.4 Å². The number of nitrogens with one attached hydrogen (secondary N) is 1. The fraction of sp³-hybridized carbons (Fsp3) is 0.692. The highest BCUT2D eigenvalue weighted by molar-refractivity contribution is 7.97. The molecule has 0 atom stereocenters. The standard InChI is InChI=1S/C13H23NO2S/c1-11(2)9-15-7-6-14-8-12-4-5-13(16-12)10-17-3/h4-5,11,14H,6-10H2,1-3H3. The van der Waals surface area contributed by atoms with Gasteiger partial charge in [0.25, 0.3) is 0 Å². The molecular formula is C13H23NO2S. The number of thioether (sulfide) groups is 1. The maximum absolute atomic E-state index is 5.64. The summed E-state index contributed by atoms with van der Waals surface area (Å²) < 4.78 is 11.1. The lowest BCUT2D eigenvalue weighted by atomic mass is 10.2. The molecule has 1 N–H and O–H groups in total. The van der Waals surface area contributed by atoms with E-state index < -0.39 is 0 Å². The number of ether oxygens (including phenoxy) is 1. The average molecular weight is 257 g/mol. The molecule has 0 radical (unpaired) electrons. The van der Waals surface area contributed by atoms with E-state index in [0.717, 1.165) is 43.6 Å². The Balaban J connectivity index is 2.05. The maximum atomic E-state index is 5.64. The Kier molecular flexibility index (Phi) is 7.40. The van der Waals surface area contributed by atoms with Gasteiger partial charge in [0.1, 0.15) is 11.5 Å². The summed E-state index contributed by atoms with van der Waals surface area (Å²) in [5.74, 6) is 3.59. The van der Waals surface area contributed by atoms with Crippen molar-refractivity contribution in [2.24, 2.45) is 5.92 Å². The van der Waals surface area contributed by atoms with Gasteiger partial charge in [0.05, 0.1) is 18.9 Å². The fourth-order valence-corrected chi connectivity index (χ4v) is 1.85. The molecule has 0 aliphatic rings. The Labute approximate surface area is 108 Å². The first-order valence-corrected chi connectivity index (χ1v) is 7.46. The van der Waals surface area contributed by atoms with Gasteiger partial charge in [-0.2, -0.15) is 11.8 Å². The largest absolute Gasteiger partial charge is 0.464 e.